The number of fused-ring (bicyclic) bond motifs is 1. The van der Waals surface area contributed by atoms with Crippen molar-refractivity contribution in [2.75, 3.05) is 6.54 Å². The van der Waals surface area contributed by atoms with Crippen molar-refractivity contribution in [2.45, 2.75) is 64.8 Å². The summed E-state index contributed by atoms with van der Waals surface area (Å²) in [4.78, 5) is 19.6. The fourth-order valence-electron chi connectivity index (χ4n) is 3.26. The van der Waals surface area contributed by atoms with E-state index in [0.29, 0.717) is 18.6 Å². The van der Waals surface area contributed by atoms with Crippen molar-refractivity contribution in [2.24, 2.45) is 0 Å². The minimum Gasteiger partial charge on any atom is -0.444 e. The van der Waals surface area contributed by atoms with E-state index in [1.807, 2.05) is 20.8 Å². The first kappa shape index (κ1) is 24.5. The zero-order chi connectivity index (χ0) is 24.1. The average Bonchev–Trinajstić information content (AvgIpc) is 3.19. The molecule has 0 bridgehead atoms. The van der Waals surface area contributed by atoms with E-state index in [4.69, 9.17) is 4.74 Å². The first-order chi connectivity index (χ1) is 15.5. The summed E-state index contributed by atoms with van der Waals surface area (Å²) in [5.41, 5.74) is -0.886. The number of aryl methyl sites for hydroxylation is 1. The number of carbonyl (C=O) groups excluding carboxylic acids is 1. The van der Waals surface area contributed by atoms with Crippen LogP contribution in [0.4, 0.5) is 18.0 Å². The molecule has 2 aromatic heterocycles. The van der Waals surface area contributed by atoms with Crippen molar-refractivity contribution >= 4 is 17.1 Å². The number of unbranched alkanes of at least 4 members (excludes halogenated alkanes) is 3. The minimum atomic E-state index is -4.62. The van der Waals surface area contributed by atoms with Crippen molar-refractivity contribution in [3.63, 3.8) is 0 Å². The van der Waals surface area contributed by atoms with E-state index in [1.165, 1.54) is 12.3 Å². The highest BCUT2D eigenvalue weighted by atomic mass is 19.4. The Bertz CT molecular complexity index is 1090. The van der Waals surface area contributed by atoms with Crippen LogP contribution in [0.25, 0.3) is 22.3 Å². The maximum atomic E-state index is 13.6. The van der Waals surface area contributed by atoms with Crippen LogP contribution in [0.3, 0.4) is 0 Å². The van der Waals surface area contributed by atoms with Crippen LogP contribution < -0.4 is 5.32 Å². The molecular weight excluding hydrogens is 435 g/mol. The van der Waals surface area contributed by atoms with Gasteiger partial charge in [-0.1, -0.05) is 25.0 Å². The van der Waals surface area contributed by atoms with Crippen molar-refractivity contribution < 1.29 is 22.7 Å². The second kappa shape index (κ2) is 10.2. The topological polar surface area (TPSA) is 81.9 Å². The first-order valence-corrected chi connectivity index (χ1v) is 10.9. The Morgan fingerprint density at radius 2 is 1.70 bits per heavy atom. The standard InChI is InChI=1S/C23H28F3N5O2/c1-22(2,3)33-21(32)27-12-8-4-5-9-13-31-15-16(14-28-31)19-20(23(24,25)26)30-18-11-7-6-10-17(18)29-19/h6-7,10-11,14-15H,4-5,8-9,12-13H2,1-3H3,(H,27,32). The molecule has 0 spiro atoms. The Balaban J connectivity index is 1.52. The molecule has 178 valence electrons. The third-order valence-corrected chi connectivity index (χ3v) is 4.73. The van der Waals surface area contributed by atoms with E-state index in [1.54, 1.807) is 29.1 Å². The summed E-state index contributed by atoms with van der Waals surface area (Å²) >= 11 is 0. The molecule has 7 nitrogen and oxygen atoms in total. The van der Waals surface area contributed by atoms with Crippen LogP contribution in [-0.4, -0.2) is 38.0 Å². The summed E-state index contributed by atoms with van der Waals surface area (Å²) in [6.07, 6.45) is 1.32. The molecule has 0 atom stereocenters. The summed E-state index contributed by atoms with van der Waals surface area (Å²) in [6, 6.07) is 6.48. The molecule has 1 N–H and O–H groups in total. The molecule has 3 rings (SSSR count). The van der Waals surface area contributed by atoms with Crippen LogP contribution in [0.5, 0.6) is 0 Å². The molecule has 0 radical (unpaired) electrons. The van der Waals surface area contributed by atoms with Crippen LogP contribution >= 0.6 is 0 Å². The number of halogens is 3. The predicted octanol–water partition coefficient (Wildman–Crippen LogP) is 5.60. The van der Waals surface area contributed by atoms with Crippen LogP contribution in [0.15, 0.2) is 36.7 Å². The maximum absolute atomic E-state index is 13.6. The molecule has 3 aromatic rings. The fraction of sp³-hybridized carbons (Fsp3) is 0.478. The highest BCUT2D eigenvalue weighted by molar-refractivity contribution is 5.78. The molecule has 0 aliphatic rings. The van der Waals surface area contributed by atoms with Gasteiger partial charge in [0, 0.05) is 24.8 Å². The smallest absolute Gasteiger partial charge is 0.435 e. The van der Waals surface area contributed by atoms with Crippen LogP contribution in [0, 0.1) is 0 Å². The third kappa shape index (κ3) is 7.16. The van der Waals surface area contributed by atoms with Gasteiger partial charge in [0.25, 0.3) is 0 Å². The molecule has 0 saturated heterocycles. The molecule has 0 fully saturated rings. The molecule has 0 aliphatic carbocycles. The Hall–Kier alpha value is -3.17. The number of aromatic nitrogens is 4. The SMILES string of the molecule is CC(C)(C)OC(=O)NCCCCCCn1cc(-c2nc3ccccc3nc2C(F)(F)F)cn1. The van der Waals surface area contributed by atoms with Crippen LogP contribution in [0.2, 0.25) is 0 Å². The number of carbonyl (C=O) groups is 1. The average molecular weight is 464 g/mol. The normalized spacial score (nSPS) is 12.2. The number of alkyl carbamates (subject to hydrolysis) is 1. The fourth-order valence-corrected chi connectivity index (χ4v) is 3.26. The predicted molar refractivity (Wildman–Crippen MR) is 118 cm³/mol. The van der Waals surface area contributed by atoms with E-state index in [2.05, 4.69) is 20.4 Å². The maximum Gasteiger partial charge on any atom is 0.435 e. The first-order valence-electron chi connectivity index (χ1n) is 10.9. The zero-order valence-corrected chi connectivity index (χ0v) is 18.9. The lowest BCUT2D eigenvalue weighted by molar-refractivity contribution is -0.140. The van der Waals surface area contributed by atoms with Gasteiger partial charge in [0.1, 0.15) is 11.3 Å². The monoisotopic (exact) mass is 463 g/mol. The van der Waals surface area contributed by atoms with Gasteiger partial charge >= 0.3 is 12.3 Å². The second-order valence-corrected chi connectivity index (χ2v) is 8.74. The third-order valence-electron chi connectivity index (χ3n) is 4.73. The van der Waals surface area contributed by atoms with Gasteiger partial charge in [-0.15, -0.1) is 0 Å². The summed E-state index contributed by atoms with van der Waals surface area (Å²) in [7, 11) is 0. The van der Waals surface area contributed by atoms with Gasteiger partial charge in [-0.3, -0.25) is 4.68 Å². The van der Waals surface area contributed by atoms with E-state index in [-0.39, 0.29) is 16.8 Å². The summed E-state index contributed by atoms with van der Waals surface area (Å²) in [6.45, 7) is 6.53. The molecule has 10 heteroatoms. The van der Waals surface area contributed by atoms with Gasteiger partial charge < -0.3 is 10.1 Å². The zero-order valence-electron chi connectivity index (χ0n) is 18.9. The lowest BCUT2D eigenvalue weighted by Gasteiger charge is -2.19. The molecule has 0 saturated carbocycles. The molecule has 0 aliphatic heterocycles. The van der Waals surface area contributed by atoms with E-state index < -0.39 is 23.6 Å². The number of para-hydroxylation sites is 2. The Labute approximate surface area is 190 Å². The summed E-state index contributed by atoms with van der Waals surface area (Å²) in [5, 5.41) is 6.91. The summed E-state index contributed by atoms with van der Waals surface area (Å²) < 4.78 is 47.5. The number of ether oxygens (including phenoxy) is 1. The van der Waals surface area contributed by atoms with Gasteiger partial charge in [-0.2, -0.15) is 18.3 Å². The van der Waals surface area contributed by atoms with E-state index >= 15 is 0 Å². The highest BCUT2D eigenvalue weighted by Crippen LogP contribution is 2.35. The molecule has 0 unspecified atom stereocenters. The van der Waals surface area contributed by atoms with E-state index in [9.17, 15) is 18.0 Å². The van der Waals surface area contributed by atoms with Crippen LogP contribution in [0.1, 0.15) is 52.1 Å². The Kier molecular flexibility index (Phi) is 7.55. The molecule has 1 aromatic carbocycles. The van der Waals surface area contributed by atoms with Crippen LogP contribution in [-0.2, 0) is 17.5 Å². The lowest BCUT2D eigenvalue weighted by atomic mass is 10.1. The lowest BCUT2D eigenvalue weighted by Crippen LogP contribution is -2.32. The summed E-state index contributed by atoms with van der Waals surface area (Å²) in [5.74, 6) is 0. The van der Waals surface area contributed by atoms with Crippen molar-refractivity contribution in [1.29, 1.82) is 0 Å². The van der Waals surface area contributed by atoms with Gasteiger partial charge in [0.15, 0.2) is 5.69 Å². The van der Waals surface area contributed by atoms with Gasteiger partial charge in [-0.05, 0) is 45.7 Å². The number of benzene rings is 1. The molecule has 1 amide bonds. The minimum absolute atomic E-state index is 0.196. The van der Waals surface area contributed by atoms with Crippen molar-refractivity contribution in [3.8, 4) is 11.3 Å². The number of hydrogen-bond donors (Lipinski definition) is 1. The Morgan fingerprint density at radius 3 is 2.36 bits per heavy atom. The number of rotatable bonds is 8. The van der Waals surface area contributed by atoms with Gasteiger partial charge in [-0.25, -0.2) is 14.8 Å². The van der Waals surface area contributed by atoms with E-state index in [0.717, 1.165) is 25.7 Å². The van der Waals surface area contributed by atoms with Crippen molar-refractivity contribution in [3.05, 3.63) is 42.4 Å². The van der Waals surface area contributed by atoms with Crippen molar-refractivity contribution in [1.82, 2.24) is 25.1 Å². The highest BCUT2D eigenvalue weighted by Gasteiger charge is 2.37. The number of hydrogen-bond acceptors (Lipinski definition) is 5. The number of nitrogens with zero attached hydrogens (tertiary/aromatic N) is 4. The molecule has 33 heavy (non-hydrogen) atoms. The molecular formula is C23H28F3N5O2. The number of nitrogens with one attached hydrogen (secondary N) is 1. The number of alkyl halides is 3. The second-order valence-electron chi connectivity index (χ2n) is 8.74. The Morgan fingerprint density at radius 1 is 1.03 bits per heavy atom. The molecule has 2 heterocycles. The quantitative estimate of drug-likeness (QED) is 0.440. The number of amides is 1. The van der Waals surface area contributed by atoms with Gasteiger partial charge in [0.2, 0.25) is 0 Å². The van der Waals surface area contributed by atoms with Gasteiger partial charge in [0.05, 0.1) is 17.2 Å². The largest absolute Gasteiger partial charge is 0.444 e.